The van der Waals surface area contributed by atoms with E-state index in [-0.39, 0.29) is 11.3 Å². The molecule has 2 rings (SSSR count). The minimum atomic E-state index is -0.493. The molecule has 0 N–H and O–H groups in total. The first-order valence-corrected chi connectivity index (χ1v) is 6.88. The third-order valence-corrected chi connectivity index (χ3v) is 3.36. The molecule has 1 aliphatic rings. The van der Waals surface area contributed by atoms with E-state index in [1.807, 2.05) is 0 Å². The minimum absolute atomic E-state index is 0.0124. The van der Waals surface area contributed by atoms with Crippen molar-refractivity contribution in [3.8, 4) is 0 Å². The molecule has 0 bridgehead atoms. The van der Waals surface area contributed by atoms with Gasteiger partial charge >= 0.3 is 7.12 Å². The van der Waals surface area contributed by atoms with Crippen molar-refractivity contribution in [1.29, 1.82) is 0 Å². The van der Waals surface area contributed by atoms with E-state index >= 15 is 0 Å². The summed E-state index contributed by atoms with van der Waals surface area (Å²) in [7, 11) is 2.81. The highest BCUT2D eigenvalue weighted by Gasteiger charge is 2.34. The summed E-state index contributed by atoms with van der Waals surface area (Å²) in [4.78, 5) is 24.7. The van der Waals surface area contributed by atoms with Gasteiger partial charge in [0.25, 0.3) is 5.91 Å². The van der Waals surface area contributed by atoms with Gasteiger partial charge in [0, 0.05) is 43.9 Å². The van der Waals surface area contributed by atoms with Crippen LogP contribution in [0, 0.1) is 5.41 Å². The zero-order valence-electron chi connectivity index (χ0n) is 12.9. The SMILES string of the molecule is CN(C)C(=O)c1cc(B2OCC(C)(C)CO2)ccc1C=O. The maximum Gasteiger partial charge on any atom is 0.493 e. The number of aldehydes is 1. The maximum absolute atomic E-state index is 12.1. The summed E-state index contributed by atoms with van der Waals surface area (Å²) < 4.78 is 11.4. The minimum Gasteiger partial charge on any atom is -0.407 e. The molecule has 1 aliphatic heterocycles. The lowest BCUT2D eigenvalue weighted by Gasteiger charge is -2.33. The summed E-state index contributed by atoms with van der Waals surface area (Å²) >= 11 is 0. The van der Waals surface area contributed by atoms with Crippen molar-refractivity contribution in [2.75, 3.05) is 27.3 Å². The van der Waals surface area contributed by atoms with Crippen LogP contribution in [0.4, 0.5) is 0 Å². The Bertz CT molecular complexity index is 547. The van der Waals surface area contributed by atoms with Crippen molar-refractivity contribution in [3.05, 3.63) is 29.3 Å². The molecule has 1 aromatic rings. The molecule has 6 heteroatoms. The average Bonchev–Trinajstić information content (AvgIpc) is 2.45. The Morgan fingerprint density at radius 3 is 2.43 bits per heavy atom. The highest BCUT2D eigenvalue weighted by molar-refractivity contribution is 6.61. The van der Waals surface area contributed by atoms with Crippen molar-refractivity contribution in [1.82, 2.24) is 4.90 Å². The molecule has 1 amide bonds. The molecule has 0 radical (unpaired) electrons. The zero-order valence-corrected chi connectivity index (χ0v) is 12.9. The van der Waals surface area contributed by atoms with Gasteiger partial charge in [-0.1, -0.05) is 26.0 Å². The standard InChI is InChI=1S/C15H20BNO4/c1-15(2)9-20-16(21-10-15)12-6-5-11(8-18)13(7-12)14(19)17(3)4/h5-8H,9-10H2,1-4H3. The van der Waals surface area contributed by atoms with Gasteiger partial charge in [-0.2, -0.15) is 0 Å². The lowest BCUT2D eigenvalue weighted by Crippen LogP contribution is -2.47. The van der Waals surface area contributed by atoms with E-state index in [0.29, 0.717) is 30.6 Å². The Kier molecular flexibility index (Phi) is 4.49. The smallest absolute Gasteiger partial charge is 0.407 e. The number of amides is 1. The lowest BCUT2D eigenvalue weighted by atomic mass is 9.75. The van der Waals surface area contributed by atoms with Crippen molar-refractivity contribution in [2.24, 2.45) is 5.41 Å². The topological polar surface area (TPSA) is 55.8 Å². The Hall–Kier alpha value is -1.66. The van der Waals surface area contributed by atoms with E-state index in [1.54, 1.807) is 32.3 Å². The number of hydrogen-bond acceptors (Lipinski definition) is 4. The van der Waals surface area contributed by atoms with Crippen LogP contribution in [0.5, 0.6) is 0 Å². The van der Waals surface area contributed by atoms with E-state index in [1.165, 1.54) is 4.90 Å². The molecule has 0 aromatic heterocycles. The van der Waals surface area contributed by atoms with Gasteiger partial charge in [-0.05, 0) is 11.5 Å². The average molecular weight is 289 g/mol. The van der Waals surface area contributed by atoms with Gasteiger partial charge in [0.15, 0.2) is 6.29 Å². The van der Waals surface area contributed by atoms with E-state index < -0.39 is 7.12 Å². The molecular formula is C15H20BNO4. The first-order valence-electron chi connectivity index (χ1n) is 6.88. The molecule has 1 saturated heterocycles. The Morgan fingerprint density at radius 2 is 1.90 bits per heavy atom. The van der Waals surface area contributed by atoms with Crippen LogP contribution in [0.2, 0.25) is 0 Å². The number of rotatable bonds is 3. The molecule has 112 valence electrons. The fourth-order valence-electron chi connectivity index (χ4n) is 2.13. The summed E-state index contributed by atoms with van der Waals surface area (Å²) in [6.45, 7) is 5.31. The molecular weight excluding hydrogens is 269 g/mol. The van der Waals surface area contributed by atoms with E-state index in [4.69, 9.17) is 9.31 Å². The van der Waals surface area contributed by atoms with E-state index in [0.717, 1.165) is 5.46 Å². The van der Waals surface area contributed by atoms with Crippen LogP contribution >= 0.6 is 0 Å². The van der Waals surface area contributed by atoms with Gasteiger partial charge in [-0.25, -0.2) is 0 Å². The van der Waals surface area contributed by atoms with Crippen LogP contribution < -0.4 is 5.46 Å². The zero-order chi connectivity index (χ0) is 15.6. The van der Waals surface area contributed by atoms with E-state index in [9.17, 15) is 9.59 Å². The van der Waals surface area contributed by atoms with E-state index in [2.05, 4.69) is 13.8 Å². The molecule has 0 unspecified atom stereocenters. The van der Waals surface area contributed by atoms with Crippen molar-refractivity contribution in [3.63, 3.8) is 0 Å². The van der Waals surface area contributed by atoms with Crippen LogP contribution in [-0.4, -0.2) is 51.5 Å². The van der Waals surface area contributed by atoms with Gasteiger partial charge in [0.2, 0.25) is 0 Å². The van der Waals surface area contributed by atoms with Crippen LogP contribution in [-0.2, 0) is 9.31 Å². The summed E-state index contributed by atoms with van der Waals surface area (Å²) in [5.74, 6) is -0.213. The summed E-state index contributed by atoms with van der Waals surface area (Å²) in [6, 6.07) is 5.07. The van der Waals surface area contributed by atoms with Gasteiger partial charge in [-0.3, -0.25) is 9.59 Å². The Morgan fingerprint density at radius 1 is 1.29 bits per heavy atom. The Labute approximate surface area is 125 Å². The molecule has 1 fully saturated rings. The molecule has 0 saturated carbocycles. The predicted molar refractivity (Wildman–Crippen MR) is 80.9 cm³/mol. The fraction of sp³-hybridized carbons (Fsp3) is 0.467. The monoisotopic (exact) mass is 289 g/mol. The normalized spacial score (nSPS) is 17.4. The third-order valence-electron chi connectivity index (χ3n) is 3.36. The van der Waals surface area contributed by atoms with Gasteiger partial charge < -0.3 is 14.2 Å². The predicted octanol–water partition coefficient (Wildman–Crippen LogP) is 0.969. The summed E-state index contributed by atoms with van der Waals surface area (Å²) in [6.07, 6.45) is 0.687. The van der Waals surface area contributed by atoms with Crippen LogP contribution in [0.1, 0.15) is 34.6 Å². The summed E-state index contributed by atoms with van der Waals surface area (Å²) in [5, 5.41) is 0. The van der Waals surface area contributed by atoms with Gasteiger partial charge in [0.05, 0.1) is 0 Å². The fourth-order valence-corrected chi connectivity index (χ4v) is 2.13. The second-order valence-corrected chi connectivity index (χ2v) is 6.28. The summed E-state index contributed by atoms with van der Waals surface area (Å²) in [5.41, 5.74) is 1.47. The molecule has 0 spiro atoms. The van der Waals surface area contributed by atoms with Crippen LogP contribution in [0.15, 0.2) is 18.2 Å². The second-order valence-electron chi connectivity index (χ2n) is 6.28. The highest BCUT2D eigenvalue weighted by atomic mass is 16.6. The number of carbonyl (C=O) groups is 2. The lowest BCUT2D eigenvalue weighted by molar-refractivity contribution is 0.0343. The third kappa shape index (κ3) is 3.51. The number of carbonyl (C=O) groups excluding carboxylic acids is 2. The number of benzene rings is 1. The molecule has 0 aliphatic carbocycles. The second kappa shape index (κ2) is 5.99. The molecule has 0 atom stereocenters. The maximum atomic E-state index is 12.1. The van der Waals surface area contributed by atoms with Crippen LogP contribution in [0.3, 0.4) is 0 Å². The number of nitrogens with zero attached hydrogens (tertiary/aromatic N) is 1. The van der Waals surface area contributed by atoms with Gasteiger partial charge in [-0.15, -0.1) is 0 Å². The molecule has 21 heavy (non-hydrogen) atoms. The quantitative estimate of drug-likeness (QED) is 0.614. The first-order chi connectivity index (χ1) is 9.84. The van der Waals surface area contributed by atoms with Crippen LogP contribution in [0.25, 0.3) is 0 Å². The van der Waals surface area contributed by atoms with Gasteiger partial charge in [0.1, 0.15) is 0 Å². The van der Waals surface area contributed by atoms with Crippen molar-refractivity contribution in [2.45, 2.75) is 13.8 Å². The highest BCUT2D eigenvalue weighted by Crippen LogP contribution is 2.21. The largest absolute Gasteiger partial charge is 0.493 e. The molecule has 1 heterocycles. The first kappa shape index (κ1) is 15.7. The van der Waals surface area contributed by atoms with Crippen molar-refractivity contribution >= 4 is 24.8 Å². The molecule has 1 aromatic carbocycles. The number of hydrogen-bond donors (Lipinski definition) is 0. The molecule has 5 nitrogen and oxygen atoms in total. The Balaban J connectivity index is 2.28. The van der Waals surface area contributed by atoms with Crippen molar-refractivity contribution < 1.29 is 18.9 Å².